The summed E-state index contributed by atoms with van der Waals surface area (Å²) < 4.78 is 43.7. The van der Waals surface area contributed by atoms with Gasteiger partial charge in [0.25, 0.3) is 11.8 Å². The van der Waals surface area contributed by atoms with E-state index in [-0.39, 0.29) is 23.0 Å². The molecule has 0 aromatic carbocycles. The van der Waals surface area contributed by atoms with Gasteiger partial charge in [0.1, 0.15) is 0 Å². The Bertz CT molecular complexity index is 1110. The van der Waals surface area contributed by atoms with Gasteiger partial charge in [0.15, 0.2) is 0 Å². The van der Waals surface area contributed by atoms with Crippen molar-refractivity contribution >= 4 is 28.5 Å². The summed E-state index contributed by atoms with van der Waals surface area (Å²) >= 11 is 0. The number of halogens is 2. The largest absolute Gasteiger partial charge is 0.358 e. The number of rotatable bonds is 9. The number of hydrogen-bond donors (Lipinski definition) is 4. The first kappa shape index (κ1) is 34.0. The van der Waals surface area contributed by atoms with Crippen LogP contribution in [-0.2, 0) is 4.79 Å². The molecule has 0 saturated carbocycles. The number of allylic oxidation sites excluding steroid dienone is 3. The Morgan fingerprint density at radius 1 is 1.10 bits per heavy atom. The number of amides is 2. The third-order valence-electron chi connectivity index (χ3n) is 5.84. The molecule has 2 amide bonds. The third kappa shape index (κ3) is 11.7. The summed E-state index contributed by atoms with van der Waals surface area (Å²) in [5.41, 5.74) is 2.94. The van der Waals surface area contributed by atoms with E-state index in [1.807, 2.05) is 25.8 Å². The number of aromatic amines is 1. The summed E-state index contributed by atoms with van der Waals surface area (Å²) in [5, 5.41) is 2.65. The van der Waals surface area contributed by atoms with Crippen molar-refractivity contribution in [1.82, 2.24) is 20.1 Å². The molecule has 1 aliphatic rings. The Morgan fingerprint density at radius 2 is 1.72 bits per heavy atom. The van der Waals surface area contributed by atoms with Gasteiger partial charge in [0.05, 0.1) is 29.2 Å². The predicted molar refractivity (Wildman–Crippen MR) is 157 cm³/mol. The van der Waals surface area contributed by atoms with Crippen LogP contribution in [0.3, 0.4) is 0 Å². The zero-order valence-corrected chi connectivity index (χ0v) is 24.4. The second-order valence-corrected chi connectivity index (χ2v) is 11.4. The van der Waals surface area contributed by atoms with E-state index in [4.69, 9.17) is 0 Å². The molecule has 1 aromatic heterocycles. The van der Waals surface area contributed by atoms with E-state index >= 15 is 0 Å². The highest BCUT2D eigenvalue weighted by Gasteiger charge is 2.25. The molecule has 0 unspecified atom stereocenters. The van der Waals surface area contributed by atoms with Crippen LogP contribution in [0.15, 0.2) is 54.3 Å². The summed E-state index contributed by atoms with van der Waals surface area (Å²) in [6.45, 7) is 11.3. The summed E-state index contributed by atoms with van der Waals surface area (Å²) in [5.74, 6) is -1.24. The van der Waals surface area contributed by atoms with E-state index in [0.29, 0.717) is 30.7 Å². The minimum Gasteiger partial charge on any atom is -0.358 e. The fourth-order valence-corrected chi connectivity index (χ4v) is 4.68. The molecule has 1 aliphatic heterocycles. The monoisotopic (exact) mass is 568 g/mol. The number of hydrogen-bond acceptors (Lipinski definition) is 5. The maximum Gasteiger partial charge on any atom is 0.256 e. The van der Waals surface area contributed by atoms with E-state index in [1.54, 1.807) is 26.0 Å². The normalized spacial score (nSPS) is 16.2. The van der Waals surface area contributed by atoms with E-state index in [2.05, 4.69) is 15.2 Å². The highest BCUT2D eigenvalue weighted by molar-refractivity contribution is 8.24. The van der Waals surface area contributed by atoms with Crippen LogP contribution in [0.2, 0.25) is 0 Å². The molecule has 2 heterocycles. The second kappa shape index (κ2) is 16.9. The van der Waals surface area contributed by atoms with E-state index in [1.165, 1.54) is 31.4 Å². The Balaban J connectivity index is 0.00000177. The number of carbonyl (C=O) groups is 2. The van der Waals surface area contributed by atoms with Crippen LogP contribution in [-0.4, -0.2) is 80.4 Å². The number of aromatic nitrogens is 1. The van der Waals surface area contributed by atoms with E-state index < -0.39 is 22.3 Å². The number of aryl methyl sites for hydroxylation is 1. The summed E-state index contributed by atoms with van der Waals surface area (Å²) in [6.07, 6.45) is 10.8. The maximum atomic E-state index is 13.2. The van der Waals surface area contributed by atoms with Gasteiger partial charge >= 0.3 is 0 Å². The summed E-state index contributed by atoms with van der Waals surface area (Å²) in [7, 11) is -1.03. The number of carbonyl (C=O) groups excluding carboxylic acids is 2. The van der Waals surface area contributed by atoms with Crippen molar-refractivity contribution in [3.05, 3.63) is 76.8 Å². The van der Waals surface area contributed by atoms with Crippen molar-refractivity contribution in [3.63, 3.8) is 0 Å². The zero-order valence-electron chi connectivity index (χ0n) is 23.6. The molecule has 0 aliphatic carbocycles. The molecule has 4 N–H and O–H groups in total. The smallest absolute Gasteiger partial charge is 0.256 e. The Morgan fingerprint density at radius 3 is 2.26 bits per heavy atom. The second-order valence-electron chi connectivity index (χ2n) is 9.12. The van der Waals surface area contributed by atoms with Gasteiger partial charge in [-0.2, -0.15) is 10.6 Å². The Labute approximate surface area is 232 Å². The van der Waals surface area contributed by atoms with Crippen LogP contribution < -0.4 is 5.32 Å². The lowest BCUT2D eigenvalue weighted by Crippen LogP contribution is -2.47. The number of nitrogens with one attached hydrogen (secondary N) is 2. The predicted octanol–water partition coefficient (Wildman–Crippen LogP) is 5.72. The van der Waals surface area contributed by atoms with Gasteiger partial charge in [-0.25, -0.2) is 8.78 Å². The van der Waals surface area contributed by atoms with Crippen molar-refractivity contribution in [3.8, 4) is 0 Å². The van der Waals surface area contributed by atoms with Gasteiger partial charge in [0, 0.05) is 43.1 Å². The van der Waals surface area contributed by atoms with Crippen molar-refractivity contribution in [2.75, 3.05) is 44.7 Å². The molecule has 1 fully saturated rings. The Hall–Kier alpha value is -2.99. The minimum absolute atomic E-state index is 0.0374. The lowest BCUT2D eigenvalue weighted by atomic mass is 10.1. The molecule has 2 rings (SSSR count). The quantitative estimate of drug-likeness (QED) is 0.225. The highest BCUT2D eigenvalue weighted by Crippen LogP contribution is 2.38. The lowest BCUT2D eigenvalue weighted by Gasteiger charge is -2.32. The topological polar surface area (TPSA) is 109 Å². The van der Waals surface area contributed by atoms with Crippen molar-refractivity contribution in [2.45, 2.75) is 34.6 Å². The average molecular weight is 569 g/mol. The number of piperazine rings is 1. The molecule has 1 saturated heterocycles. The Kier molecular flexibility index (Phi) is 14.7. The van der Waals surface area contributed by atoms with Gasteiger partial charge < -0.3 is 20.1 Å². The SMILES string of the molecule is C/C=C/F.C/C=C/NC(=O)C(=C\c1[nH]c(C)c(C(=O)N2CCN(C)CC2)c1C)/C=C/CS(O)(O)C/C=C(/C)F. The summed E-state index contributed by atoms with van der Waals surface area (Å²) in [6, 6.07) is 0. The lowest BCUT2D eigenvalue weighted by molar-refractivity contribution is -0.116. The van der Waals surface area contributed by atoms with Gasteiger partial charge in [0.2, 0.25) is 0 Å². The highest BCUT2D eigenvalue weighted by atomic mass is 32.3. The molecule has 1 aromatic rings. The van der Waals surface area contributed by atoms with Crippen LogP contribution in [0, 0.1) is 13.8 Å². The molecular weight excluding hydrogens is 526 g/mol. The molecular formula is C28H42F2N4O4S. The first-order valence-corrected chi connectivity index (χ1v) is 14.5. The molecule has 0 radical (unpaired) electrons. The van der Waals surface area contributed by atoms with Gasteiger partial charge in [-0.3, -0.25) is 18.7 Å². The van der Waals surface area contributed by atoms with Gasteiger partial charge in [-0.05, 0) is 65.6 Å². The molecule has 0 bridgehead atoms. The number of nitrogens with zero attached hydrogens (tertiary/aromatic N) is 2. The molecule has 0 atom stereocenters. The van der Waals surface area contributed by atoms with Crippen LogP contribution >= 0.6 is 10.6 Å². The molecule has 11 heteroatoms. The van der Waals surface area contributed by atoms with Crippen molar-refractivity contribution in [1.29, 1.82) is 0 Å². The van der Waals surface area contributed by atoms with Crippen LogP contribution in [0.5, 0.6) is 0 Å². The fourth-order valence-electron chi connectivity index (χ4n) is 3.64. The van der Waals surface area contributed by atoms with Gasteiger partial charge in [-0.15, -0.1) is 0 Å². The molecule has 218 valence electrons. The van der Waals surface area contributed by atoms with Crippen LogP contribution in [0.25, 0.3) is 6.08 Å². The van der Waals surface area contributed by atoms with Crippen molar-refractivity contribution in [2.24, 2.45) is 0 Å². The van der Waals surface area contributed by atoms with Gasteiger partial charge in [-0.1, -0.05) is 24.3 Å². The molecule has 39 heavy (non-hydrogen) atoms. The minimum atomic E-state index is -3.06. The van der Waals surface area contributed by atoms with Crippen LogP contribution in [0.1, 0.15) is 48.1 Å². The first-order valence-electron chi connectivity index (χ1n) is 12.6. The molecule has 0 spiro atoms. The number of H-pyrrole nitrogens is 1. The summed E-state index contributed by atoms with van der Waals surface area (Å²) in [4.78, 5) is 33.2. The number of likely N-dealkylation sites (N-methyl/N-ethyl adjacent to an activating group) is 1. The molecule has 8 nitrogen and oxygen atoms in total. The van der Waals surface area contributed by atoms with E-state index in [0.717, 1.165) is 30.4 Å². The average Bonchev–Trinajstić information content (AvgIpc) is 3.17. The van der Waals surface area contributed by atoms with Crippen molar-refractivity contribution < 1.29 is 27.5 Å². The first-order chi connectivity index (χ1) is 18.4. The van der Waals surface area contributed by atoms with Crippen LogP contribution in [0.4, 0.5) is 8.78 Å². The van der Waals surface area contributed by atoms with E-state index in [9.17, 15) is 27.5 Å². The zero-order chi connectivity index (χ0) is 29.6. The fraction of sp³-hybridized carbons (Fsp3) is 0.429. The third-order valence-corrected chi connectivity index (χ3v) is 7.27. The standard InChI is InChI=1S/C25H37FN4O4S.C3H5F/c1-6-10-27-24(31)21(8-7-15-35(33,34)16-9-18(2)26)17-22-19(3)23(20(4)28-22)25(32)30-13-11-29(5)12-14-30;1-2-3-4/h6-10,17,28,33-34H,11-16H2,1-5H3,(H,27,31);2-3H,1H3/b8-7+,10-6+,18-9-,21-17-;3-2+. The maximum absolute atomic E-state index is 13.2.